The zero-order valence-corrected chi connectivity index (χ0v) is 9.53. The van der Waals surface area contributed by atoms with Crippen LogP contribution in [0.1, 0.15) is 21.7 Å². The molecule has 1 aliphatic heterocycles. The first kappa shape index (κ1) is 11.0. The number of likely N-dealkylation sites (tertiary alicyclic amines) is 1. The SMILES string of the molecule is Cc1ccc(C(=O)N2CC(CF)C2)nc1C. The van der Waals surface area contributed by atoms with Gasteiger partial charge in [0.2, 0.25) is 0 Å². The van der Waals surface area contributed by atoms with Crippen LogP contribution in [0.25, 0.3) is 0 Å². The maximum Gasteiger partial charge on any atom is 0.272 e. The summed E-state index contributed by atoms with van der Waals surface area (Å²) in [4.78, 5) is 17.8. The Morgan fingerprint density at radius 2 is 2.19 bits per heavy atom. The number of carbonyl (C=O) groups excluding carboxylic acids is 1. The van der Waals surface area contributed by atoms with E-state index in [1.807, 2.05) is 19.9 Å². The molecule has 2 rings (SSSR count). The van der Waals surface area contributed by atoms with Crippen molar-refractivity contribution in [2.24, 2.45) is 5.92 Å². The fourth-order valence-electron chi connectivity index (χ4n) is 1.75. The minimum Gasteiger partial charge on any atom is -0.336 e. The number of nitrogens with zero attached hydrogens (tertiary/aromatic N) is 2. The van der Waals surface area contributed by atoms with E-state index in [1.165, 1.54) is 0 Å². The van der Waals surface area contributed by atoms with E-state index in [0.29, 0.717) is 18.8 Å². The Bertz CT molecular complexity index is 413. The molecule has 1 aromatic heterocycles. The van der Waals surface area contributed by atoms with Crippen LogP contribution in [0.4, 0.5) is 4.39 Å². The van der Waals surface area contributed by atoms with Gasteiger partial charge in [0.1, 0.15) is 5.69 Å². The number of hydrogen-bond acceptors (Lipinski definition) is 2. The van der Waals surface area contributed by atoms with Gasteiger partial charge < -0.3 is 4.90 Å². The van der Waals surface area contributed by atoms with Gasteiger partial charge in [-0.2, -0.15) is 0 Å². The molecule has 0 bridgehead atoms. The van der Waals surface area contributed by atoms with E-state index in [4.69, 9.17) is 0 Å². The van der Waals surface area contributed by atoms with Gasteiger partial charge in [0.05, 0.1) is 6.67 Å². The largest absolute Gasteiger partial charge is 0.336 e. The molecule has 0 aromatic carbocycles. The van der Waals surface area contributed by atoms with Gasteiger partial charge in [0.15, 0.2) is 0 Å². The number of aromatic nitrogens is 1. The monoisotopic (exact) mass is 222 g/mol. The van der Waals surface area contributed by atoms with Crippen molar-refractivity contribution in [2.75, 3.05) is 19.8 Å². The highest BCUT2D eigenvalue weighted by Crippen LogP contribution is 2.18. The highest BCUT2D eigenvalue weighted by atomic mass is 19.1. The molecule has 0 atom stereocenters. The highest BCUT2D eigenvalue weighted by molar-refractivity contribution is 5.92. The van der Waals surface area contributed by atoms with Crippen LogP contribution in [-0.2, 0) is 0 Å². The fourth-order valence-corrected chi connectivity index (χ4v) is 1.75. The third-order valence-electron chi connectivity index (χ3n) is 3.03. The van der Waals surface area contributed by atoms with Crippen LogP contribution in [0.3, 0.4) is 0 Å². The van der Waals surface area contributed by atoms with E-state index in [2.05, 4.69) is 4.98 Å². The summed E-state index contributed by atoms with van der Waals surface area (Å²) < 4.78 is 12.2. The molecule has 0 saturated carbocycles. The molecule has 3 nitrogen and oxygen atoms in total. The van der Waals surface area contributed by atoms with Crippen molar-refractivity contribution in [1.29, 1.82) is 0 Å². The van der Waals surface area contributed by atoms with Gasteiger partial charge in [-0.3, -0.25) is 9.18 Å². The molecule has 1 aromatic rings. The molecule has 0 spiro atoms. The lowest BCUT2D eigenvalue weighted by atomic mass is 10.0. The second-order valence-corrected chi connectivity index (χ2v) is 4.33. The molecule has 1 amide bonds. The molecular formula is C12H15FN2O. The molecule has 4 heteroatoms. The van der Waals surface area contributed by atoms with E-state index in [-0.39, 0.29) is 18.5 Å². The topological polar surface area (TPSA) is 33.2 Å². The van der Waals surface area contributed by atoms with E-state index in [9.17, 15) is 9.18 Å². The Labute approximate surface area is 94.3 Å². The summed E-state index contributed by atoms with van der Waals surface area (Å²) in [5.41, 5.74) is 2.40. The van der Waals surface area contributed by atoms with E-state index >= 15 is 0 Å². The molecule has 1 fully saturated rings. The number of carbonyl (C=O) groups is 1. The van der Waals surface area contributed by atoms with E-state index in [0.717, 1.165) is 11.3 Å². The van der Waals surface area contributed by atoms with E-state index < -0.39 is 0 Å². The lowest BCUT2D eigenvalue weighted by Gasteiger charge is -2.37. The van der Waals surface area contributed by atoms with Gasteiger partial charge in [-0.25, -0.2) is 4.98 Å². The van der Waals surface area contributed by atoms with Crippen LogP contribution in [-0.4, -0.2) is 35.6 Å². The molecule has 1 aliphatic rings. The number of rotatable bonds is 2. The van der Waals surface area contributed by atoms with Crippen LogP contribution in [0.2, 0.25) is 0 Å². The predicted molar refractivity (Wildman–Crippen MR) is 59.1 cm³/mol. The predicted octanol–water partition coefficient (Wildman–Crippen LogP) is 1.74. The summed E-state index contributed by atoms with van der Waals surface area (Å²) in [6.45, 7) is 4.53. The van der Waals surface area contributed by atoms with Crippen molar-refractivity contribution in [3.8, 4) is 0 Å². The first-order chi connectivity index (χ1) is 7.61. The molecule has 0 aliphatic carbocycles. The number of hydrogen-bond donors (Lipinski definition) is 0. The van der Waals surface area contributed by atoms with Gasteiger partial charge in [-0.1, -0.05) is 6.07 Å². The van der Waals surface area contributed by atoms with Crippen molar-refractivity contribution < 1.29 is 9.18 Å². The minimum atomic E-state index is -0.343. The zero-order chi connectivity index (χ0) is 11.7. The third-order valence-corrected chi connectivity index (χ3v) is 3.03. The number of alkyl halides is 1. The van der Waals surface area contributed by atoms with Gasteiger partial charge in [-0.15, -0.1) is 0 Å². The van der Waals surface area contributed by atoms with Gasteiger partial charge in [0.25, 0.3) is 5.91 Å². The number of pyridine rings is 1. The Kier molecular flexibility index (Phi) is 2.90. The fraction of sp³-hybridized carbons (Fsp3) is 0.500. The van der Waals surface area contributed by atoms with Crippen molar-refractivity contribution in [1.82, 2.24) is 9.88 Å². The summed E-state index contributed by atoms with van der Waals surface area (Å²) in [7, 11) is 0. The molecule has 0 radical (unpaired) electrons. The molecule has 1 saturated heterocycles. The first-order valence-corrected chi connectivity index (χ1v) is 5.41. The molecular weight excluding hydrogens is 207 g/mol. The van der Waals surface area contributed by atoms with Gasteiger partial charge >= 0.3 is 0 Å². The highest BCUT2D eigenvalue weighted by Gasteiger charge is 2.31. The summed E-state index contributed by atoms with van der Waals surface area (Å²) in [5, 5.41) is 0. The number of amides is 1. The Hall–Kier alpha value is -1.45. The van der Waals surface area contributed by atoms with Gasteiger partial charge in [0, 0.05) is 24.7 Å². The Morgan fingerprint density at radius 1 is 1.50 bits per heavy atom. The molecule has 0 N–H and O–H groups in total. The van der Waals surface area contributed by atoms with Crippen molar-refractivity contribution in [2.45, 2.75) is 13.8 Å². The summed E-state index contributed by atoms with van der Waals surface area (Å²) in [6.07, 6.45) is 0. The molecule has 16 heavy (non-hydrogen) atoms. The lowest BCUT2D eigenvalue weighted by Crippen LogP contribution is -2.51. The van der Waals surface area contributed by atoms with E-state index in [1.54, 1.807) is 11.0 Å². The Morgan fingerprint density at radius 3 is 2.75 bits per heavy atom. The maximum absolute atomic E-state index is 12.2. The average Bonchev–Trinajstić information content (AvgIpc) is 2.20. The number of aryl methyl sites for hydroxylation is 2. The zero-order valence-electron chi connectivity index (χ0n) is 9.53. The van der Waals surface area contributed by atoms with Crippen LogP contribution in [0.15, 0.2) is 12.1 Å². The standard InChI is InChI=1S/C12H15FN2O/c1-8-3-4-11(14-9(8)2)12(16)15-6-10(5-13)7-15/h3-4,10H,5-7H2,1-2H3. The van der Waals surface area contributed by atoms with Crippen molar-refractivity contribution in [3.05, 3.63) is 29.1 Å². The second-order valence-electron chi connectivity index (χ2n) is 4.33. The molecule has 0 unspecified atom stereocenters. The number of halogens is 1. The molecule has 2 heterocycles. The summed E-state index contributed by atoms with van der Waals surface area (Å²) in [6, 6.07) is 3.62. The van der Waals surface area contributed by atoms with Crippen LogP contribution in [0.5, 0.6) is 0 Å². The van der Waals surface area contributed by atoms with Crippen LogP contribution < -0.4 is 0 Å². The summed E-state index contributed by atoms with van der Waals surface area (Å²) >= 11 is 0. The lowest BCUT2D eigenvalue weighted by molar-refractivity contribution is 0.0446. The normalized spacial score (nSPS) is 16.1. The van der Waals surface area contributed by atoms with Crippen LogP contribution >= 0.6 is 0 Å². The first-order valence-electron chi connectivity index (χ1n) is 5.41. The third kappa shape index (κ3) is 1.92. The smallest absolute Gasteiger partial charge is 0.272 e. The van der Waals surface area contributed by atoms with Crippen molar-refractivity contribution >= 4 is 5.91 Å². The summed E-state index contributed by atoms with van der Waals surface area (Å²) in [5.74, 6) is -0.0664. The van der Waals surface area contributed by atoms with Gasteiger partial charge in [-0.05, 0) is 25.5 Å². The maximum atomic E-state index is 12.2. The second kappa shape index (κ2) is 4.20. The Balaban J connectivity index is 2.07. The average molecular weight is 222 g/mol. The molecule has 86 valence electrons. The van der Waals surface area contributed by atoms with Crippen molar-refractivity contribution in [3.63, 3.8) is 0 Å². The quantitative estimate of drug-likeness (QED) is 0.763. The van der Waals surface area contributed by atoms with Crippen LogP contribution in [0, 0.1) is 19.8 Å². The minimum absolute atomic E-state index is 0.0236.